The third kappa shape index (κ3) is 3.46. The summed E-state index contributed by atoms with van der Waals surface area (Å²) in [5.74, 6) is 0.974. The van der Waals surface area contributed by atoms with Crippen LogP contribution in [-0.4, -0.2) is 29.9 Å². The van der Waals surface area contributed by atoms with Crippen LogP contribution in [0.5, 0.6) is 11.5 Å². The summed E-state index contributed by atoms with van der Waals surface area (Å²) in [6.45, 7) is 0.491. The van der Waals surface area contributed by atoms with Crippen LogP contribution in [0.2, 0.25) is 0 Å². The van der Waals surface area contributed by atoms with E-state index in [1.54, 1.807) is 12.1 Å². The van der Waals surface area contributed by atoms with Crippen LogP contribution in [0, 0.1) is 0 Å². The molecular formula is C25H22N2O4. The highest BCUT2D eigenvalue weighted by Gasteiger charge is 2.35. The summed E-state index contributed by atoms with van der Waals surface area (Å²) in [6.07, 6.45) is 1.56. The third-order valence-corrected chi connectivity index (χ3v) is 5.88. The zero-order valence-corrected chi connectivity index (χ0v) is 17.0. The Kier molecular flexibility index (Phi) is 4.75. The minimum Gasteiger partial charge on any atom is -0.508 e. The van der Waals surface area contributed by atoms with Gasteiger partial charge in [-0.3, -0.25) is 5.32 Å². The molecule has 1 aliphatic rings. The minimum atomic E-state index is -0.503. The molecule has 0 fully saturated rings. The fraction of sp³-hybridized carbons (Fsp3) is 0.160. The quantitative estimate of drug-likeness (QED) is 0.421. The van der Waals surface area contributed by atoms with Gasteiger partial charge in [0.05, 0.1) is 13.7 Å². The molecular weight excluding hydrogens is 392 g/mol. The smallest absolute Gasteiger partial charge is 0.411 e. The highest BCUT2D eigenvalue weighted by Crippen LogP contribution is 2.48. The number of anilines is 1. The van der Waals surface area contributed by atoms with Gasteiger partial charge in [0.25, 0.3) is 0 Å². The number of phenolic OH excluding ortho intramolecular Hbond substituents is 1. The molecule has 2 unspecified atom stereocenters. The summed E-state index contributed by atoms with van der Waals surface area (Å²) in [5.41, 5.74) is 5.06. The zero-order chi connectivity index (χ0) is 21.4. The fourth-order valence-corrected chi connectivity index (χ4v) is 4.42. The summed E-state index contributed by atoms with van der Waals surface area (Å²) < 4.78 is 10.8. The molecule has 1 aromatic heterocycles. The van der Waals surface area contributed by atoms with E-state index in [0.717, 1.165) is 16.6 Å². The van der Waals surface area contributed by atoms with Gasteiger partial charge < -0.3 is 19.6 Å². The van der Waals surface area contributed by atoms with Crippen LogP contribution >= 0.6 is 0 Å². The molecule has 0 radical (unpaired) electrons. The molecule has 6 nitrogen and oxygen atoms in total. The Hall–Kier alpha value is -3.93. The lowest BCUT2D eigenvalue weighted by atomic mass is 9.76. The molecule has 0 spiro atoms. The average molecular weight is 414 g/mol. The third-order valence-electron chi connectivity index (χ3n) is 5.88. The number of nitrogens with one attached hydrogen (secondary N) is 2. The molecule has 0 aliphatic carbocycles. The topological polar surface area (TPSA) is 83.6 Å². The number of aromatic nitrogens is 1. The largest absolute Gasteiger partial charge is 0.508 e. The van der Waals surface area contributed by atoms with Crippen molar-refractivity contribution < 1.29 is 19.4 Å². The number of aromatic hydroxyl groups is 1. The predicted octanol–water partition coefficient (Wildman–Crippen LogP) is 5.36. The number of carbonyl (C=O) groups is 1. The second-order valence-electron chi connectivity index (χ2n) is 7.65. The molecule has 0 saturated carbocycles. The number of ether oxygens (including phenoxy) is 2. The fourth-order valence-electron chi connectivity index (χ4n) is 4.42. The number of aromatic amines is 1. The van der Waals surface area contributed by atoms with Crippen LogP contribution < -0.4 is 10.1 Å². The van der Waals surface area contributed by atoms with Gasteiger partial charge in [-0.15, -0.1) is 0 Å². The summed E-state index contributed by atoms with van der Waals surface area (Å²) in [4.78, 5) is 14.9. The number of amides is 1. The molecule has 2 heterocycles. The molecule has 0 saturated heterocycles. The van der Waals surface area contributed by atoms with Gasteiger partial charge in [-0.1, -0.05) is 36.4 Å². The van der Waals surface area contributed by atoms with E-state index < -0.39 is 6.09 Å². The Balaban J connectivity index is 1.60. The highest BCUT2D eigenvalue weighted by atomic mass is 16.5. The van der Waals surface area contributed by atoms with Gasteiger partial charge in [0.2, 0.25) is 0 Å². The first-order valence-corrected chi connectivity index (χ1v) is 10.1. The molecule has 3 N–H and O–H groups in total. The number of hydrogen-bond acceptors (Lipinski definition) is 4. The van der Waals surface area contributed by atoms with Crippen molar-refractivity contribution in [1.29, 1.82) is 0 Å². The first-order chi connectivity index (χ1) is 15.1. The lowest BCUT2D eigenvalue weighted by Gasteiger charge is -2.34. The average Bonchev–Trinajstić information content (AvgIpc) is 3.23. The number of rotatable bonds is 3. The van der Waals surface area contributed by atoms with Crippen molar-refractivity contribution in [3.8, 4) is 11.5 Å². The van der Waals surface area contributed by atoms with Gasteiger partial charge in [-0.2, -0.15) is 0 Å². The normalized spacial score (nSPS) is 17.6. The Labute approximate surface area is 179 Å². The van der Waals surface area contributed by atoms with Crippen LogP contribution in [0.1, 0.15) is 28.5 Å². The Morgan fingerprint density at radius 2 is 1.90 bits per heavy atom. The first kappa shape index (κ1) is 19.1. The summed E-state index contributed by atoms with van der Waals surface area (Å²) in [6, 6.07) is 21.3. The van der Waals surface area contributed by atoms with Gasteiger partial charge in [-0.25, -0.2) is 4.79 Å². The SMILES string of the molecule is COC(=O)Nc1ccc(C2c3ccc(O)cc3OCC2c2c[nH]c3ccccc23)cc1. The monoisotopic (exact) mass is 414 g/mol. The number of benzene rings is 3. The van der Waals surface area contributed by atoms with Gasteiger partial charge in [0, 0.05) is 46.3 Å². The highest BCUT2D eigenvalue weighted by molar-refractivity contribution is 5.85. The molecule has 1 amide bonds. The minimum absolute atomic E-state index is 0.0238. The molecule has 6 heteroatoms. The van der Waals surface area contributed by atoms with Gasteiger partial charge in [-0.05, 0) is 35.4 Å². The van der Waals surface area contributed by atoms with E-state index in [1.165, 1.54) is 18.1 Å². The van der Waals surface area contributed by atoms with E-state index in [4.69, 9.17) is 4.74 Å². The number of methoxy groups -OCH3 is 1. The van der Waals surface area contributed by atoms with Crippen molar-refractivity contribution in [2.75, 3.05) is 19.0 Å². The molecule has 1 aliphatic heterocycles. The van der Waals surface area contributed by atoms with Gasteiger partial charge in [0.15, 0.2) is 0 Å². The molecule has 4 aromatic rings. The molecule has 0 bridgehead atoms. The second-order valence-corrected chi connectivity index (χ2v) is 7.65. The molecule has 3 aromatic carbocycles. The van der Waals surface area contributed by atoms with Crippen molar-refractivity contribution in [2.45, 2.75) is 11.8 Å². The number of H-pyrrole nitrogens is 1. The van der Waals surface area contributed by atoms with Crippen LogP contribution in [0.4, 0.5) is 10.5 Å². The lowest BCUT2D eigenvalue weighted by Crippen LogP contribution is -2.25. The van der Waals surface area contributed by atoms with E-state index in [1.807, 2.05) is 42.5 Å². The number of carbonyl (C=O) groups excluding carboxylic acids is 1. The van der Waals surface area contributed by atoms with Crippen LogP contribution in [0.3, 0.4) is 0 Å². The van der Waals surface area contributed by atoms with E-state index in [0.29, 0.717) is 18.0 Å². The first-order valence-electron chi connectivity index (χ1n) is 10.1. The maximum absolute atomic E-state index is 11.5. The number of para-hydroxylation sites is 1. The van der Waals surface area contributed by atoms with E-state index in [2.05, 4.69) is 33.4 Å². The second kappa shape index (κ2) is 7.72. The predicted molar refractivity (Wildman–Crippen MR) is 119 cm³/mol. The number of phenols is 1. The Morgan fingerprint density at radius 1 is 1.10 bits per heavy atom. The van der Waals surface area contributed by atoms with Crippen molar-refractivity contribution >= 4 is 22.7 Å². The Morgan fingerprint density at radius 3 is 2.71 bits per heavy atom. The lowest BCUT2D eigenvalue weighted by molar-refractivity contribution is 0.187. The van der Waals surface area contributed by atoms with E-state index >= 15 is 0 Å². The molecule has 31 heavy (non-hydrogen) atoms. The summed E-state index contributed by atoms with van der Waals surface area (Å²) in [7, 11) is 1.34. The molecule has 156 valence electrons. The maximum Gasteiger partial charge on any atom is 0.411 e. The molecule has 2 atom stereocenters. The van der Waals surface area contributed by atoms with Gasteiger partial charge >= 0.3 is 6.09 Å². The zero-order valence-electron chi connectivity index (χ0n) is 17.0. The van der Waals surface area contributed by atoms with Crippen molar-refractivity contribution in [1.82, 2.24) is 4.98 Å². The van der Waals surface area contributed by atoms with Crippen LogP contribution in [-0.2, 0) is 4.74 Å². The summed E-state index contributed by atoms with van der Waals surface area (Å²) in [5, 5.41) is 13.8. The Bertz CT molecular complexity index is 1250. The molecule has 5 rings (SSSR count). The number of fused-ring (bicyclic) bond motifs is 2. The standard InChI is InChI=1S/C25H22N2O4/c1-30-25(29)27-16-8-6-15(7-9-16)24-19-11-10-17(28)12-23(19)31-14-21(24)20-13-26-22-5-3-2-4-18(20)22/h2-13,21,24,26,28H,14H2,1H3,(H,27,29). The van der Waals surface area contributed by atoms with E-state index in [9.17, 15) is 9.90 Å². The van der Waals surface area contributed by atoms with Crippen LogP contribution in [0.15, 0.2) is 72.9 Å². The van der Waals surface area contributed by atoms with Crippen LogP contribution in [0.25, 0.3) is 10.9 Å². The summed E-state index contributed by atoms with van der Waals surface area (Å²) >= 11 is 0. The van der Waals surface area contributed by atoms with Crippen molar-refractivity contribution in [2.24, 2.45) is 0 Å². The van der Waals surface area contributed by atoms with Crippen molar-refractivity contribution in [3.05, 3.63) is 89.6 Å². The van der Waals surface area contributed by atoms with Gasteiger partial charge in [0.1, 0.15) is 11.5 Å². The van der Waals surface area contributed by atoms with E-state index in [-0.39, 0.29) is 17.6 Å². The number of hydrogen-bond donors (Lipinski definition) is 3. The maximum atomic E-state index is 11.5. The van der Waals surface area contributed by atoms with Crippen molar-refractivity contribution in [3.63, 3.8) is 0 Å².